The molecule has 17 heavy (non-hydrogen) atoms. The molecule has 0 amide bonds. The van der Waals surface area contributed by atoms with Crippen LogP contribution in [0.1, 0.15) is 5.82 Å². The molecule has 0 saturated heterocycles. The summed E-state index contributed by atoms with van der Waals surface area (Å²) in [5, 5.41) is 3.81. The molecule has 0 aliphatic carbocycles. The van der Waals surface area contributed by atoms with Crippen molar-refractivity contribution in [2.45, 2.75) is 6.92 Å². The lowest BCUT2D eigenvalue weighted by atomic mass is 10.1. The van der Waals surface area contributed by atoms with Crippen LogP contribution in [0.3, 0.4) is 0 Å². The third-order valence-electron chi connectivity index (χ3n) is 2.21. The van der Waals surface area contributed by atoms with Gasteiger partial charge in [-0.2, -0.15) is 5.10 Å². The van der Waals surface area contributed by atoms with Crippen molar-refractivity contribution in [2.75, 3.05) is 0 Å². The van der Waals surface area contributed by atoms with Gasteiger partial charge in [0.1, 0.15) is 5.82 Å². The molecule has 0 radical (unpaired) electrons. The van der Waals surface area contributed by atoms with Crippen molar-refractivity contribution in [3.63, 3.8) is 0 Å². The molecule has 0 unspecified atom stereocenters. The molecule has 0 saturated carbocycles. The molecule has 0 bridgehead atoms. The molecule has 90 valence electrons. The molecule has 0 fully saturated rings. The summed E-state index contributed by atoms with van der Waals surface area (Å²) in [5.41, 5.74) is -0.468. The smallest absolute Gasteiger partial charge is 0.198 e. The van der Waals surface area contributed by atoms with Crippen molar-refractivity contribution in [1.29, 1.82) is 0 Å². The first-order valence-electron chi connectivity index (χ1n) is 4.62. The number of aryl methyl sites for hydroxylation is 2. The zero-order valence-corrected chi connectivity index (χ0v) is 8.93. The van der Waals surface area contributed by atoms with Crippen LogP contribution >= 0.6 is 0 Å². The van der Waals surface area contributed by atoms with Gasteiger partial charge >= 0.3 is 0 Å². The van der Waals surface area contributed by atoms with E-state index >= 15 is 0 Å². The Bertz CT molecular complexity index is 592. The van der Waals surface area contributed by atoms with E-state index in [0.717, 1.165) is 4.68 Å². The lowest BCUT2D eigenvalue weighted by molar-refractivity contribution is 0.410. The summed E-state index contributed by atoms with van der Waals surface area (Å²) in [6.45, 7) is 1.54. The molecule has 0 aliphatic heterocycles. The van der Waals surface area contributed by atoms with Crippen LogP contribution in [0.5, 0.6) is 0 Å². The van der Waals surface area contributed by atoms with Crippen molar-refractivity contribution >= 4 is 0 Å². The highest BCUT2D eigenvalue weighted by molar-refractivity contribution is 5.56. The molecule has 7 heteroatoms. The number of rotatable bonds is 1. The number of benzene rings is 1. The number of halogens is 4. The zero-order valence-electron chi connectivity index (χ0n) is 8.93. The summed E-state index contributed by atoms with van der Waals surface area (Å²) in [7, 11) is 1.44. The first kappa shape index (κ1) is 11.6. The van der Waals surface area contributed by atoms with Gasteiger partial charge in [-0.05, 0) is 13.0 Å². The molecule has 0 atom stereocenters. The topological polar surface area (TPSA) is 30.7 Å². The Morgan fingerprint density at radius 1 is 1.06 bits per heavy atom. The molecule has 0 N–H and O–H groups in total. The molecule has 2 rings (SSSR count). The normalized spacial score (nSPS) is 10.9. The maximum atomic E-state index is 13.5. The van der Waals surface area contributed by atoms with Crippen LogP contribution in [-0.2, 0) is 7.05 Å². The Balaban J connectivity index is 2.72. The molecule has 0 spiro atoms. The highest BCUT2D eigenvalue weighted by Crippen LogP contribution is 2.26. The van der Waals surface area contributed by atoms with E-state index in [1.807, 2.05) is 0 Å². The molecule has 2 aromatic rings. The number of hydrogen-bond acceptors (Lipinski definition) is 2. The fraction of sp³-hybridized carbons (Fsp3) is 0.200. The quantitative estimate of drug-likeness (QED) is 0.438. The minimum Gasteiger partial charge on any atom is -0.249 e. The summed E-state index contributed by atoms with van der Waals surface area (Å²) >= 11 is 0. The van der Waals surface area contributed by atoms with Gasteiger partial charge in [0.15, 0.2) is 29.1 Å². The fourth-order valence-electron chi connectivity index (χ4n) is 1.48. The summed E-state index contributed by atoms with van der Waals surface area (Å²) in [4.78, 5) is 3.81. The first-order valence-corrected chi connectivity index (χ1v) is 4.62. The van der Waals surface area contributed by atoms with E-state index in [1.165, 1.54) is 14.0 Å². The average Bonchev–Trinajstić information content (AvgIpc) is 2.60. The monoisotopic (exact) mass is 245 g/mol. The van der Waals surface area contributed by atoms with E-state index in [4.69, 9.17) is 0 Å². The van der Waals surface area contributed by atoms with Gasteiger partial charge in [-0.1, -0.05) is 0 Å². The largest absolute Gasteiger partial charge is 0.249 e. The third kappa shape index (κ3) is 1.77. The standard InChI is InChI=1S/C10H7F4N3/c1-4-15-10(17(2)16-4)5-3-6(11)8(13)9(14)7(5)12/h3H,1-2H3. The lowest BCUT2D eigenvalue weighted by Gasteiger charge is -2.04. The molecule has 1 heterocycles. The molecular formula is C10H7F4N3. The van der Waals surface area contributed by atoms with E-state index in [9.17, 15) is 17.6 Å². The van der Waals surface area contributed by atoms with E-state index < -0.39 is 28.8 Å². The average molecular weight is 245 g/mol. The van der Waals surface area contributed by atoms with E-state index in [0.29, 0.717) is 11.9 Å². The van der Waals surface area contributed by atoms with Gasteiger partial charge in [-0.25, -0.2) is 27.2 Å². The van der Waals surface area contributed by atoms with Gasteiger partial charge in [-0.3, -0.25) is 0 Å². The Kier molecular flexibility index (Phi) is 2.60. The fourth-order valence-corrected chi connectivity index (χ4v) is 1.48. The van der Waals surface area contributed by atoms with E-state index in [-0.39, 0.29) is 5.82 Å². The van der Waals surface area contributed by atoms with Gasteiger partial charge in [0.05, 0.1) is 5.56 Å². The van der Waals surface area contributed by atoms with Crippen LogP contribution in [0.2, 0.25) is 0 Å². The Morgan fingerprint density at radius 2 is 1.71 bits per heavy atom. The molecule has 1 aromatic heterocycles. The summed E-state index contributed by atoms with van der Waals surface area (Å²) in [6.07, 6.45) is 0. The van der Waals surface area contributed by atoms with Crippen molar-refractivity contribution in [2.24, 2.45) is 7.05 Å². The van der Waals surface area contributed by atoms with E-state index in [2.05, 4.69) is 10.1 Å². The summed E-state index contributed by atoms with van der Waals surface area (Å²) < 4.78 is 53.4. The lowest BCUT2D eigenvalue weighted by Crippen LogP contribution is -2.02. The van der Waals surface area contributed by atoms with E-state index in [1.54, 1.807) is 0 Å². The molecule has 3 nitrogen and oxygen atoms in total. The highest BCUT2D eigenvalue weighted by Gasteiger charge is 2.22. The van der Waals surface area contributed by atoms with Crippen molar-refractivity contribution in [1.82, 2.24) is 14.8 Å². The zero-order chi connectivity index (χ0) is 12.7. The van der Waals surface area contributed by atoms with Gasteiger partial charge in [-0.15, -0.1) is 0 Å². The third-order valence-corrected chi connectivity index (χ3v) is 2.21. The van der Waals surface area contributed by atoms with Crippen LogP contribution < -0.4 is 0 Å². The predicted molar refractivity (Wildman–Crippen MR) is 51.0 cm³/mol. The summed E-state index contributed by atoms with van der Waals surface area (Å²) in [5.74, 6) is -6.42. The Hall–Kier alpha value is -1.92. The van der Waals surface area contributed by atoms with Gasteiger partial charge in [0.2, 0.25) is 0 Å². The number of nitrogens with zero attached hydrogens (tertiary/aromatic N) is 3. The van der Waals surface area contributed by atoms with Gasteiger partial charge < -0.3 is 0 Å². The van der Waals surface area contributed by atoms with Crippen LogP contribution in [0.4, 0.5) is 17.6 Å². The molecular weight excluding hydrogens is 238 g/mol. The molecule has 1 aromatic carbocycles. The van der Waals surface area contributed by atoms with Crippen LogP contribution in [0.15, 0.2) is 6.07 Å². The minimum atomic E-state index is -1.86. The second-order valence-electron chi connectivity index (χ2n) is 3.45. The maximum absolute atomic E-state index is 13.5. The second kappa shape index (κ2) is 3.83. The van der Waals surface area contributed by atoms with Crippen molar-refractivity contribution in [3.05, 3.63) is 35.2 Å². The highest BCUT2D eigenvalue weighted by atomic mass is 19.2. The number of hydrogen-bond donors (Lipinski definition) is 0. The van der Waals surface area contributed by atoms with Crippen LogP contribution in [0.25, 0.3) is 11.4 Å². The van der Waals surface area contributed by atoms with Crippen molar-refractivity contribution < 1.29 is 17.6 Å². The predicted octanol–water partition coefficient (Wildman–Crippen LogP) is 2.35. The Labute approximate surface area is 93.7 Å². The SMILES string of the molecule is Cc1nc(-c2cc(F)c(F)c(F)c2F)n(C)n1. The molecule has 0 aliphatic rings. The number of aromatic nitrogens is 3. The minimum absolute atomic E-state index is 0.0715. The maximum Gasteiger partial charge on any atom is 0.198 e. The second-order valence-corrected chi connectivity index (χ2v) is 3.45. The van der Waals surface area contributed by atoms with Gasteiger partial charge in [0, 0.05) is 7.05 Å². The van der Waals surface area contributed by atoms with Crippen molar-refractivity contribution in [3.8, 4) is 11.4 Å². The van der Waals surface area contributed by atoms with Crippen LogP contribution in [-0.4, -0.2) is 14.8 Å². The van der Waals surface area contributed by atoms with Gasteiger partial charge in [0.25, 0.3) is 0 Å². The van der Waals surface area contributed by atoms with Crippen LogP contribution in [0, 0.1) is 30.2 Å². The first-order chi connectivity index (χ1) is 7.91. The Morgan fingerprint density at radius 3 is 2.24 bits per heavy atom. The summed E-state index contributed by atoms with van der Waals surface area (Å²) in [6, 6.07) is 0.553.